The number of amides is 1. The number of morpholine rings is 1. The van der Waals surface area contributed by atoms with Crippen LogP contribution < -0.4 is 4.72 Å². The first-order chi connectivity index (χ1) is 17.7. The average Bonchev–Trinajstić information content (AvgIpc) is 3.63. The number of nitrogens with one attached hydrogen (secondary N) is 1. The predicted molar refractivity (Wildman–Crippen MR) is 146 cm³/mol. The maximum absolute atomic E-state index is 14.0. The number of carbonyl (C=O) groups is 2. The highest BCUT2D eigenvalue weighted by Crippen LogP contribution is 2.48. The van der Waals surface area contributed by atoms with Crippen LogP contribution in [0.4, 0.5) is 0 Å². The highest BCUT2D eigenvalue weighted by atomic mass is 35.5. The van der Waals surface area contributed by atoms with Gasteiger partial charge in [0.2, 0.25) is 10.0 Å². The molecule has 2 aromatic rings. The van der Waals surface area contributed by atoms with Crippen LogP contribution >= 0.6 is 23.2 Å². The molecule has 1 saturated heterocycles. The molecular weight excluding hydrogens is 551 g/mol. The third kappa shape index (κ3) is 7.07. The molecule has 11 heteroatoms. The molecule has 38 heavy (non-hydrogen) atoms. The Hall–Kier alpha value is -2.17. The van der Waals surface area contributed by atoms with Crippen LogP contribution in [0.15, 0.2) is 48.5 Å². The molecule has 0 unspecified atom stereocenters. The molecule has 4 rings (SSSR count). The number of hydrogen-bond acceptors (Lipinski definition) is 5. The van der Waals surface area contributed by atoms with E-state index in [1.54, 1.807) is 74.2 Å². The van der Waals surface area contributed by atoms with E-state index in [4.69, 9.17) is 27.9 Å². The molecule has 8 nitrogen and oxygen atoms in total. The zero-order chi connectivity index (χ0) is 27.8. The van der Waals surface area contributed by atoms with E-state index in [1.807, 2.05) is 0 Å². The van der Waals surface area contributed by atoms with Crippen molar-refractivity contribution < 1.29 is 27.9 Å². The third-order valence-electron chi connectivity index (χ3n) is 6.55. The van der Waals surface area contributed by atoms with Gasteiger partial charge in [-0.1, -0.05) is 47.5 Å². The van der Waals surface area contributed by atoms with Gasteiger partial charge in [0.15, 0.2) is 0 Å². The topological polar surface area (TPSA) is 113 Å². The van der Waals surface area contributed by atoms with Crippen molar-refractivity contribution in [3.63, 3.8) is 0 Å². The molecule has 2 N–H and O–H groups in total. The van der Waals surface area contributed by atoms with Gasteiger partial charge in [0, 0.05) is 15.6 Å². The molecular formula is C27H32Cl2N2O6S. The van der Waals surface area contributed by atoms with E-state index in [9.17, 15) is 23.1 Å². The quantitative estimate of drug-likeness (QED) is 0.431. The van der Waals surface area contributed by atoms with Crippen molar-refractivity contribution in [2.75, 3.05) is 5.75 Å². The molecule has 0 radical (unpaired) electrons. The second-order valence-electron chi connectivity index (χ2n) is 11.0. The maximum atomic E-state index is 14.0. The summed E-state index contributed by atoms with van der Waals surface area (Å²) in [4.78, 5) is 27.2. The largest absolute Gasteiger partial charge is 0.481 e. The minimum atomic E-state index is -3.80. The minimum absolute atomic E-state index is 0.0473. The summed E-state index contributed by atoms with van der Waals surface area (Å²) in [5.74, 6) is -2.10. The van der Waals surface area contributed by atoms with Crippen molar-refractivity contribution in [1.82, 2.24) is 9.62 Å². The number of sulfonamides is 1. The van der Waals surface area contributed by atoms with Gasteiger partial charge in [0.25, 0.3) is 5.91 Å². The van der Waals surface area contributed by atoms with E-state index in [2.05, 4.69) is 4.72 Å². The zero-order valence-electron chi connectivity index (χ0n) is 21.4. The van der Waals surface area contributed by atoms with Gasteiger partial charge in [-0.25, -0.2) is 13.1 Å². The number of carboxylic acid groups (broad SMARTS) is 1. The lowest BCUT2D eigenvalue weighted by Crippen LogP contribution is -2.58. The normalized spacial score (nSPS) is 23.3. The molecule has 4 atom stereocenters. The summed E-state index contributed by atoms with van der Waals surface area (Å²) in [6, 6.07) is 12.5. The van der Waals surface area contributed by atoms with Crippen molar-refractivity contribution in [1.29, 1.82) is 0 Å². The van der Waals surface area contributed by atoms with Gasteiger partial charge in [0.1, 0.15) is 12.2 Å². The van der Waals surface area contributed by atoms with Crippen LogP contribution in [-0.4, -0.2) is 53.7 Å². The first-order valence-corrected chi connectivity index (χ1v) is 14.9. The summed E-state index contributed by atoms with van der Waals surface area (Å²) >= 11 is 12.5. The van der Waals surface area contributed by atoms with Crippen LogP contribution in [0.3, 0.4) is 0 Å². The van der Waals surface area contributed by atoms with Gasteiger partial charge in [-0.2, -0.15) is 0 Å². The molecule has 2 fully saturated rings. The monoisotopic (exact) mass is 582 g/mol. The highest BCUT2D eigenvalue weighted by molar-refractivity contribution is 7.89. The Morgan fingerprint density at radius 2 is 1.76 bits per heavy atom. The second-order valence-corrected chi connectivity index (χ2v) is 13.6. The van der Waals surface area contributed by atoms with E-state index in [0.717, 1.165) is 12.8 Å². The van der Waals surface area contributed by atoms with Crippen molar-refractivity contribution in [2.45, 2.75) is 69.9 Å². The SMILES string of the molecule is CC(C)(C)NS(=O)(=O)C[C@H](C1CC1)N1C(=O)[C@@H](CC(=O)O)O[C@H](c2cccc(Cl)c2)[C@H]1c1ccc(Cl)cc1. The number of carbonyl (C=O) groups excluding carboxylic acids is 1. The summed E-state index contributed by atoms with van der Waals surface area (Å²) in [5, 5.41) is 10.5. The van der Waals surface area contributed by atoms with Gasteiger partial charge < -0.3 is 14.7 Å². The number of aliphatic carboxylic acids is 1. The van der Waals surface area contributed by atoms with E-state index in [0.29, 0.717) is 21.2 Å². The molecule has 1 heterocycles. The lowest BCUT2D eigenvalue weighted by molar-refractivity contribution is -0.183. The first kappa shape index (κ1) is 28.8. The molecule has 1 aliphatic heterocycles. The second kappa shape index (κ2) is 11.1. The van der Waals surface area contributed by atoms with Crippen molar-refractivity contribution in [3.8, 4) is 0 Å². The smallest absolute Gasteiger partial charge is 0.306 e. The standard InChI is InChI=1S/C27H32Cl2N2O6S/c1-27(2,3)30-38(35,36)15-21(16-7-8-16)31-24(17-9-11-19(28)12-10-17)25(18-5-4-6-20(29)13-18)37-22(26(31)34)14-23(32)33/h4-6,9-13,16,21-22,24-25,30H,7-8,14-15H2,1-3H3,(H,32,33)/t21-,22-,24-,25-/m1/s1. The molecule has 0 spiro atoms. The maximum Gasteiger partial charge on any atom is 0.306 e. The van der Waals surface area contributed by atoms with Gasteiger partial charge in [0.05, 0.1) is 24.3 Å². The summed E-state index contributed by atoms with van der Waals surface area (Å²) < 4.78 is 35.4. The fourth-order valence-electron chi connectivity index (χ4n) is 5.02. The van der Waals surface area contributed by atoms with Gasteiger partial charge in [-0.15, -0.1) is 0 Å². The Balaban J connectivity index is 1.86. The predicted octanol–water partition coefficient (Wildman–Crippen LogP) is 4.97. The van der Waals surface area contributed by atoms with Crippen LogP contribution in [0.1, 0.15) is 63.3 Å². The van der Waals surface area contributed by atoms with E-state index < -0.39 is 58.2 Å². The van der Waals surface area contributed by atoms with Gasteiger partial charge in [-0.3, -0.25) is 9.59 Å². The molecule has 0 aromatic heterocycles. The van der Waals surface area contributed by atoms with Crippen LogP contribution in [0, 0.1) is 5.92 Å². The molecule has 1 saturated carbocycles. The zero-order valence-corrected chi connectivity index (χ0v) is 23.8. The highest BCUT2D eigenvalue weighted by Gasteiger charge is 2.51. The number of rotatable bonds is 9. The Bertz CT molecular complexity index is 1290. The summed E-state index contributed by atoms with van der Waals surface area (Å²) in [6.07, 6.45) is -1.11. The fourth-order valence-corrected chi connectivity index (χ4v) is 7.24. The van der Waals surface area contributed by atoms with E-state index in [1.165, 1.54) is 0 Å². The van der Waals surface area contributed by atoms with Crippen molar-refractivity contribution in [2.24, 2.45) is 5.92 Å². The number of hydrogen-bond donors (Lipinski definition) is 2. The number of carboxylic acids is 1. The lowest BCUT2D eigenvalue weighted by atomic mass is 9.89. The van der Waals surface area contributed by atoms with Gasteiger partial charge in [-0.05, 0) is 74.9 Å². The van der Waals surface area contributed by atoms with Gasteiger partial charge >= 0.3 is 5.97 Å². The van der Waals surface area contributed by atoms with E-state index >= 15 is 0 Å². The van der Waals surface area contributed by atoms with Crippen molar-refractivity contribution in [3.05, 3.63) is 69.7 Å². The van der Waals surface area contributed by atoms with Crippen LogP contribution in [0.5, 0.6) is 0 Å². The number of halogens is 2. The van der Waals surface area contributed by atoms with E-state index in [-0.39, 0.29) is 11.7 Å². The summed E-state index contributed by atoms with van der Waals surface area (Å²) in [5.41, 5.74) is 0.635. The Kier molecular flexibility index (Phi) is 8.45. The molecule has 0 bridgehead atoms. The minimum Gasteiger partial charge on any atom is -0.481 e. The third-order valence-corrected chi connectivity index (χ3v) is 8.74. The number of benzene rings is 2. The number of nitrogens with zero attached hydrogens (tertiary/aromatic N) is 1. The molecule has 2 aromatic carbocycles. The average molecular weight is 584 g/mol. The summed E-state index contributed by atoms with van der Waals surface area (Å²) in [6.45, 7) is 5.27. The van der Waals surface area contributed by atoms with Crippen LogP contribution in [0.2, 0.25) is 10.0 Å². The molecule has 1 aliphatic carbocycles. The fraction of sp³-hybridized carbons (Fsp3) is 0.481. The van der Waals surface area contributed by atoms with Crippen LogP contribution in [-0.2, 0) is 24.3 Å². The Morgan fingerprint density at radius 3 is 2.32 bits per heavy atom. The lowest BCUT2D eigenvalue weighted by Gasteiger charge is -2.48. The first-order valence-electron chi connectivity index (χ1n) is 12.5. The molecule has 206 valence electrons. The number of ether oxygens (including phenoxy) is 1. The Labute approximate surface area is 233 Å². The molecule has 1 amide bonds. The Morgan fingerprint density at radius 1 is 1.11 bits per heavy atom. The van der Waals surface area contributed by atoms with Crippen LogP contribution in [0.25, 0.3) is 0 Å². The van der Waals surface area contributed by atoms with Crippen molar-refractivity contribution >= 4 is 45.1 Å². The molecule has 2 aliphatic rings. The summed E-state index contributed by atoms with van der Waals surface area (Å²) in [7, 11) is -3.80.